The van der Waals surface area contributed by atoms with Crippen LogP contribution in [0.15, 0.2) is 35.3 Å². The van der Waals surface area contributed by atoms with Gasteiger partial charge in [0.2, 0.25) is 0 Å². The van der Waals surface area contributed by atoms with Gasteiger partial charge in [-0.15, -0.1) is 0 Å². The molecule has 7 nitrogen and oxygen atoms in total. The highest BCUT2D eigenvalue weighted by molar-refractivity contribution is 5.88. The van der Waals surface area contributed by atoms with Crippen LogP contribution in [0, 0.1) is 13.8 Å². The van der Waals surface area contributed by atoms with E-state index in [4.69, 9.17) is 4.74 Å². The summed E-state index contributed by atoms with van der Waals surface area (Å²) in [6, 6.07) is 6.14. The van der Waals surface area contributed by atoms with Gasteiger partial charge in [0.15, 0.2) is 0 Å². The van der Waals surface area contributed by atoms with Crippen LogP contribution in [0.2, 0.25) is 0 Å². The van der Waals surface area contributed by atoms with Gasteiger partial charge < -0.3 is 15.1 Å². The van der Waals surface area contributed by atoms with E-state index in [2.05, 4.69) is 15.3 Å². The molecule has 3 aromatic rings. The Hall–Kier alpha value is -3.07. The second-order valence-electron chi connectivity index (χ2n) is 7.67. The Morgan fingerprint density at radius 3 is 2.55 bits per heavy atom. The van der Waals surface area contributed by atoms with Crippen molar-refractivity contribution >= 4 is 16.7 Å². The number of pyridine rings is 1. The number of morpholine rings is 1. The molecule has 31 heavy (non-hydrogen) atoms. The number of hydrogen-bond donors (Lipinski definition) is 1. The number of rotatable bonds is 5. The molecule has 1 saturated heterocycles. The normalized spacial score (nSPS) is 15.5. The Morgan fingerprint density at radius 2 is 1.84 bits per heavy atom. The highest BCUT2D eigenvalue weighted by atomic mass is 19.3. The van der Waals surface area contributed by atoms with Crippen LogP contribution in [0.3, 0.4) is 0 Å². The molecule has 1 aromatic carbocycles. The van der Waals surface area contributed by atoms with Gasteiger partial charge >= 0.3 is 0 Å². The lowest BCUT2D eigenvalue weighted by Crippen LogP contribution is -2.48. The number of fused-ring (bicyclic) bond motifs is 1. The lowest BCUT2D eigenvalue weighted by atomic mass is 9.97. The van der Waals surface area contributed by atoms with Gasteiger partial charge in [0, 0.05) is 17.8 Å². The first-order valence-corrected chi connectivity index (χ1v) is 10.2. The van der Waals surface area contributed by atoms with Crippen molar-refractivity contribution in [2.24, 2.45) is 0 Å². The summed E-state index contributed by atoms with van der Waals surface area (Å²) in [6.45, 7) is 7.68. The Bertz CT molecular complexity index is 1160. The fraction of sp³-hybridized carbons (Fsp3) is 0.409. The zero-order valence-corrected chi connectivity index (χ0v) is 17.7. The van der Waals surface area contributed by atoms with Crippen LogP contribution in [-0.2, 0) is 4.74 Å². The summed E-state index contributed by atoms with van der Waals surface area (Å²) in [5.41, 5.74) is 1.71. The van der Waals surface area contributed by atoms with Gasteiger partial charge in [-0.05, 0) is 31.9 Å². The number of hydrogen-bond acceptors (Lipinski definition) is 6. The Morgan fingerprint density at radius 1 is 1.13 bits per heavy atom. The van der Waals surface area contributed by atoms with Crippen molar-refractivity contribution in [1.82, 2.24) is 14.6 Å². The number of aryl methyl sites for hydroxylation is 1. The first-order valence-electron chi connectivity index (χ1n) is 10.2. The molecule has 0 saturated carbocycles. The number of aromatic nitrogens is 3. The van der Waals surface area contributed by atoms with Gasteiger partial charge in [0.1, 0.15) is 11.6 Å². The summed E-state index contributed by atoms with van der Waals surface area (Å²) in [4.78, 5) is 21.6. The summed E-state index contributed by atoms with van der Waals surface area (Å²) < 4.78 is 33.6. The lowest BCUT2D eigenvalue weighted by molar-refractivity contribution is 0.111. The minimum Gasteiger partial charge on any atom is -0.378 e. The van der Waals surface area contributed by atoms with Gasteiger partial charge in [-0.2, -0.15) is 0 Å². The molecule has 1 aliphatic rings. The first-order chi connectivity index (χ1) is 14.8. The van der Waals surface area contributed by atoms with Crippen molar-refractivity contribution in [3.8, 4) is 0 Å². The number of alkyl halides is 2. The molecule has 0 spiro atoms. The van der Waals surface area contributed by atoms with Crippen molar-refractivity contribution in [2.75, 3.05) is 36.6 Å². The van der Waals surface area contributed by atoms with E-state index in [0.717, 1.165) is 5.56 Å². The maximum Gasteiger partial charge on any atom is 0.271 e. The molecule has 0 amide bonds. The van der Waals surface area contributed by atoms with Crippen molar-refractivity contribution in [3.63, 3.8) is 0 Å². The molecule has 0 aliphatic carbocycles. The Kier molecular flexibility index (Phi) is 5.86. The number of benzene rings is 1. The lowest BCUT2D eigenvalue weighted by Gasteiger charge is -2.30. The minimum atomic E-state index is -2.53. The molecular weight excluding hydrogens is 404 g/mol. The Balaban J connectivity index is 1.75. The summed E-state index contributed by atoms with van der Waals surface area (Å²) in [7, 11) is 0. The topological polar surface area (TPSA) is 72.3 Å². The van der Waals surface area contributed by atoms with Crippen LogP contribution in [0.5, 0.6) is 0 Å². The van der Waals surface area contributed by atoms with Gasteiger partial charge in [0.05, 0.1) is 43.2 Å². The van der Waals surface area contributed by atoms with E-state index in [1.165, 1.54) is 12.1 Å². The minimum absolute atomic E-state index is 0.0241. The van der Waals surface area contributed by atoms with Crippen LogP contribution >= 0.6 is 0 Å². The standard InChI is InChI=1S/C22H25F2N5O2/c1-13-16(5-4-6-17(13)21(23)24)14(2)25-22-18-12-29(28-7-9-31-10-8-28)20(30)11-19(18)26-15(3)27-22/h4-6,11-12,14,21H,7-10H2,1-3H3,(H,25,26,27)/t14-/m1/s1. The molecule has 3 heterocycles. The average molecular weight is 429 g/mol. The third-order valence-electron chi connectivity index (χ3n) is 5.59. The quantitative estimate of drug-likeness (QED) is 0.670. The molecule has 1 N–H and O–H groups in total. The highest BCUT2D eigenvalue weighted by Gasteiger charge is 2.19. The van der Waals surface area contributed by atoms with E-state index < -0.39 is 6.43 Å². The van der Waals surface area contributed by atoms with Crippen LogP contribution in [0.4, 0.5) is 14.6 Å². The van der Waals surface area contributed by atoms with Crippen molar-refractivity contribution in [2.45, 2.75) is 33.2 Å². The maximum absolute atomic E-state index is 13.3. The second kappa shape index (κ2) is 8.58. The summed E-state index contributed by atoms with van der Waals surface area (Å²) >= 11 is 0. The van der Waals surface area contributed by atoms with Crippen LogP contribution in [0.25, 0.3) is 10.9 Å². The number of anilines is 1. The van der Waals surface area contributed by atoms with E-state index in [1.54, 1.807) is 30.8 Å². The van der Waals surface area contributed by atoms with Gasteiger partial charge in [-0.3, -0.25) is 4.79 Å². The molecule has 1 aliphatic heterocycles. The first kappa shape index (κ1) is 21.2. The number of ether oxygens (including phenoxy) is 1. The molecule has 9 heteroatoms. The summed E-state index contributed by atoms with van der Waals surface area (Å²) in [6.07, 6.45) is -0.794. The third-order valence-corrected chi connectivity index (χ3v) is 5.59. The molecular formula is C22H25F2N5O2. The van der Waals surface area contributed by atoms with Gasteiger partial charge in [-0.1, -0.05) is 18.2 Å². The largest absolute Gasteiger partial charge is 0.378 e. The van der Waals surface area contributed by atoms with E-state index in [9.17, 15) is 13.6 Å². The fourth-order valence-corrected chi connectivity index (χ4v) is 3.97. The molecule has 4 rings (SSSR count). The van der Waals surface area contributed by atoms with Crippen molar-refractivity contribution in [1.29, 1.82) is 0 Å². The Labute approximate surface area is 178 Å². The highest BCUT2D eigenvalue weighted by Crippen LogP contribution is 2.30. The molecule has 1 atom stereocenters. The predicted molar refractivity (Wildman–Crippen MR) is 115 cm³/mol. The van der Waals surface area contributed by atoms with E-state index in [0.29, 0.717) is 54.4 Å². The maximum atomic E-state index is 13.3. The van der Waals surface area contributed by atoms with E-state index in [1.807, 2.05) is 18.0 Å². The zero-order chi connectivity index (χ0) is 22.1. The predicted octanol–water partition coefficient (Wildman–Crippen LogP) is 3.49. The SMILES string of the molecule is Cc1nc(N[C@H](C)c2cccc(C(F)F)c2C)c2cn(N3CCOCC3)c(=O)cc2n1. The van der Waals surface area contributed by atoms with E-state index >= 15 is 0 Å². The van der Waals surface area contributed by atoms with Gasteiger partial charge in [0.25, 0.3) is 12.0 Å². The summed E-state index contributed by atoms with van der Waals surface area (Å²) in [5, 5.41) is 5.96. The van der Waals surface area contributed by atoms with Crippen LogP contribution in [0.1, 0.15) is 41.9 Å². The van der Waals surface area contributed by atoms with Crippen molar-refractivity contribution in [3.05, 3.63) is 63.3 Å². The van der Waals surface area contributed by atoms with Crippen molar-refractivity contribution < 1.29 is 13.5 Å². The fourth-order valence-electron chi connectivity index (χ4n) is 3.97. The second-order valence-corrected chi connectivity index (χ2v) is 7.67. The molecule has 0 radical (unpaired) electrons. The molecule has 0 bridgehead atoms. The number of nitrogens with zero attached hydrogens (tertiary/aromatic N) is 4. The number of nitrogens with one attached hydrogen (secondary N) is 1. The average Bonchev–Trinajstić information content (AvgIpc) is 2.73. The molecule has 0 unspecified atom stereocenters. The van der Waals surface area contributed by atoms with Crippen LogP contribution in [-0.4, -0.2) is 40.9 Å². The smallest absolute Gasteiger partial charge is 0.271 e. The molecule has 2 aromatic heterocycles. The van der Waals surface area contributed by atoms with Gasteiger partial charge in [-0.25, -0.2) is 23.4 Å². The number of halogens is 2. The zero-order valence-electron chi connectivity index (χ0n) is 17.7. The molecule has 164 valence electrons. The molecule has 1 fully saturated rings. The third kappa shape index (κ3) is 4.23. The van der Waals surface area contributed by atoms with Crippen LogP contribution < -0.4 is 15.9 Å². The summed E-state index contributed by atoms with van der Waals surface area (Å²) in [5.74, 6) is 1.07. The van der Waals surface area contributed by atoms with E-state index in [-0.39, 0.29) is 17.2 Å². The monoisotopic (exact) mass is 429 g/mol.